The molecule has 202 valence electrons. The number of fused-ring (bicyclic) bond motifs is 5. The highest BCUT2D eigenvalue weighted by Gasteiger charge is 2.72. The van der Waals surface area contributed by atoms with Crippen LogP contribution in [0.15, 0.2) is 0 Å². The van der Waals surface area contributed by atoms with Gasteiger partial charge in [0.05, 0.1) is 35.6 Å². The van der Waals surface area contributed by atoms with E-state index in [0.717, 1.165) is 44.9 Å². The second-order valence-corrected chi connectivity index (χ2v) is 15.6. The van der Waals surface area contributed by atoms with Crippen molar-refractivity contribution in [2.75, 3.05) is 0 Å². The van der Waals surface area contributed by atoms with Gasteiger partial charge in [-0.1, -0.05) is 34.6 Å². The van der Waals surface area contributed by atoms with Crippen molar-refractivity contribution in [3.8, 4) is 0 Å². The van der Waals surface area contributed by atoms with E-state index >= 15 is 0 Å². The topological polar surface area (TPSA) is 90.2 Å². The monoisotopic (exact) mass is 492 g/mol. The van der Waals surface area contributed by atoms with Crippen LogP contribution < -0.4 is 0 Å². The van der Waals surface area contributed by atoms with Gasteiger partial charge in [0, 0.05) is 0 Å². The molecule has 1 heterocycles. The van der Waals surface area contributed by atoms with Gasteiger partial charge < -0.3 is 25.2 Å². The van der Waals surface area contributed by atoms with Crippen LogP contribution in [-0.4, -0.2) is 56.0 Å². The number of hydrogen-bond donors (Lipinski definition) is 4. The Morgan fingerprint density at radius 1 is 0.771 bits per heavy atom. The highest BCUT2D eigenvalue weighted by Crippen LogP contribution is 2.76. The molecule has 4 N–H and O–H groups in total. The van der Waals surface area contributed by atoms with E-state index in [1.807, 2.05) is 13.8 Å². The van der Waals surface area contributed by atoms with Crippen molar-refractivity contribution in [2.45, 2.75) is 142 Å². The molecule has 5 fully saturated rings. The number of rotatable bonds is 2. The number of aliphatic hydroxyl groups is 4. The van der Waals surface area contributed by atoms with Crippen molar-refractivity contribution >= 4 is 0 Å². The van der Waals surface area contributed by atoms with Gasteiger partial charge in [0.2, 0.25) is 0 Å². The third kappa shape index (κ3) is 3.36. The van der Waals surface area contributed by atoms with E-state index in [0.29, 0.717) is 18.3 Å². The molecule has 4 saturated carbocycles. The van der Waals surface area contributed by atoms with Gasteiger partial charge in [-0.3, -0.25) is 0 Å². The molecule has 4 aliphatic carbocycles. The Kier molecular flexibility index (Phi) is 5.80. The molecule has 0 aromatic rings. The molecular formula is C30H52O5. The van der Waals surface area contributed by atoms with Crippen LogP contribution >= 0.6 is 0 Å². The van der Waals surface area contributed by atoms with Gasteiger partial charge in [-0.15, -0.1) is 0 Å². The quantitative estimate of drug-likeness (QED) is 0.449. The lowest BCUT2D eigenvalue weighted by atomic mass is 9.35. The zero-order valence-electron chi connectivity index (χ0n) is 23.5. The number of ether oxygens (including phenoxy) is 1. The van der Waals surface area contributed by atoms with Gasteiger partial charge in [0.25, 0.3) is 0 Å². The van der Waals surface area contributed by atoms with E-state index in [4.69, 9.17) is 4.74 Å². The van der Waals surface area contributed by atoms with Crippen molar-refractivity contribution in [3.63, 3.8) is 0 Å². The summed E-state index contributed by atoms with van der Waals surface area (Å²) in [6, 6.07) is 0. The smallest absolute Gasteiger partial charge is 0.0865 e. The second kappa shape index (κ2) is 7.68. The predicted octanol–water partition coefficient (Wildman–Crippen LogP) is 4.68. The van der Waals surface area contributed by atoms with E-state index in [9.17, 15) is 20.4 Å². The van der Waals surface area contributed by atoms with Crippen LogP contribution in [0.4, 0.5) is 0 Å². The molecule has 12 atom stereocenters. The average molecular weight is 493 g/mol. The van der Waals surface area contributed by atoms with E-state index < -0.39 is 23.9 Å². The highest BCUT2D eigenvalue weighted by atomic mass is 16.5. The lowest BCUT2D eigenvalue weighted by Crippen LogP contribution is -2.68. The predicted molar refractivity (Wildman–Crippen MR) is 137 cm³/mol. The summed E-state index contributed by atoms with van der Waals surface area (Å²) < 4.78 is 6.65. The minimum atomic E-state index is -0.853. The summed E-state index contributed by atoms with van der Waals surface area (Å²) in [7, 11) is 0. The number of aliphatic hydroxyl groups excluding tert-OH is 3. The molecule has 0 bridgehead atoms. The van der Waals surface area contributed by atoms with E-state index in [-0.39, 0.29) is 45.2 Å². The fraction of sp³-hybridized carbons (Fsp3) is 1.00. The van der Waals surface area contributed by atoms with Crippen LogP contribution in [0, 0.1) is 45.3 Å². The van der Waals surface area contributed by atoms with E-state index in [2.05, 4.69) is 41.5 Å². The van der Waals surface area contributed by atoms with Crippen molar-refractivity contribution in [3.05, 3.63) is 0 Å². The summed E-state index contributed by atoms with van der Waals surface area (Å²) in [6.45, 7) is 17.5. The average Bonchev–Trinajstić information content (AvgIpc) is 3.31. The summed E-state index contributed by atoms with van der Waals surface area (Å²) in [5, 5.41) is 44.4. The molecule has 5 nitrogen and oxygen atoms in total. The zero-order valence-corrected chi connectivity index (χ0v) is 23.5. The Balaban J connectivity index is 1.49. The van der Waals surface area contributed by atoms with E-state index in [1.54, 1.807) is 0 Å². The zero-order chi connectivity index (χ0) is 26.0. The highest BCUT2D eigenvalue weighted by molar-refractivity contribution is 5.21. The maximum atomic E-state index is 11.9. The molecule has 0 spiro atoms. The van der Waals surface area contributed by atoms with Gasteiger partial charge in [-0.05, 0) is 117 Å². The molecule has 0 aromatic carbocycles. The SMILES string of the molecule is CC(C)(O)[C@H]1CC[C@](C)([C@H]2CC[C@]3(C)[C@@H]2[C@H](O)C[C@@H]2[C@@]4(C)C[C@@H](O)[C@H](O)C(C)(C)[C@@H]4CC[C@]23C)O1. The first-order valence-corrected chi connectivity index (χ1v) is 14.4. The maximum absolute atomic E-state index is 11.9. The first-order valence-electron chi connectivity index (χ1n) is 14.4. The molecule has 1 saturated heterocycles. The van der Waals surface area contributed by atoms with Crippen LogP contribution in [0.1, 0.15) is 107 Å². The van der Waals surface area contributed by atoms with Crippen LogP contribution in [0.5, 0.6) is 0 Å². The van der Waals surface area contributed by atoms with Crippen molar-refractivity contribution < 1.29 is 25.2 Å². The van der Waals surface area contributed by atoms with Crippen molar-refractivity contribution in [1.29, 1.82) is 0 Å². The lowest BCUT2D eigenvalue weighted by Gasteiger charge is -2.71. The van der Waals surface area contributed by atoms with Crippen molar-refractivity contribution in [1.82, 2.24) is 0 Å². The first-order chi connectivity index (χ1) is 15.9. The van der Waals surface area contributed by atoms with Gasteiger partial charge in [-0.25, -0.2) is 0 Å². The van der Waals surface area contributed by atoms with Crippen LogP contribution in [0.25, 0.3) is 0 Å². The standard InChI is InChI=1S/C30H52O5/c1-25(2)20-10-13-28(6)21(27(20,5)16-19(32)24(25)33)15-18(31)23-17(9-12-29(23,28)7)30(8)14-11-22(35-30)26(3,4)34/h17-24,31-34H,9-16H2,1-8H3/t17-,18+,19+,20-,21+,22+,23-,24-,27-,28+,29+,30+/m0/s1. The molecule has 0 unspecified atom stereocenters. The van der Waals surface area contributed by atoms with E-state index in [1.165, 1.54) is 0 Å². The van der Waals surface area contributed by atoms with Crippen LogP contribution in [-0.2, 0) is 4.74 Å². The Labute approximate surface area is 213 Å². The molecule has 1 aliphatic heterocycles. The molecule has 0 aromatic heterocycles. The summed E-state index contributed by atoms with van der Waals surface area (Å²) in [5.74, 6) is 1.11. The normalized spacial score (nSPS) is 57.9. The second-order valence-electron chi connectivity index (χ2n) is 15.6. The fourth-order valence-corrected chi connectivity index (χ4v) is 11.2. The Hall–Kier alpha value is -0.200. The van der Waals surface area contributed by atoms with Crippen LogP contribution in [0.2, 0.25) is 0 Å². The molecule has 35 heavy (non-hydrogen) atoms. The largest absolute Gasteiger partial charge is 0.393 e. The third-order valence-corrected chi connectivity index (χ3v) is 13.2. The summed E-state index contributed by atoms with van der Waals surface area (Å²) in [5.41, 5.74) is -1.55. The lowest BCUT2D eigenvalue weighted by molar-refractivity contribution is -0.264. The first kappa shape index (κ1) is 26.4. The summed E-state index contributed by atoms with van der Waals surface area (Å²) in [6.07, 6.45) is 5.56. The Morgan fingerprint density at radius 3 is 2.00 bits per heavy atom. The maximum Gasteiger partial charge on any atom is 0.0865 e. The molecule has 5 rings (SSSR count). The summed E-state index contributed by atoms with van der Waals surface area (Å²) >= 11 is 0. The summed E-state index contributed by atoms with van der Waals surface area (Å²) in [4.78, 5) is 0. The third-order valence-electron chi connectivity index (χ3n) is 13.2. The molecular weight excluding hydrogens is 440 g/mol. The van der Waals surface area contributed by atoms with Crippen molar-refractivity contribution in [2.24, 2.45) is 45.3 Å². The fourth-order valence-electron chi connectivity index (χ4n) is 11.2. The van der Waals surface area contributed by atoms with Gasteiger partial charge >= 0.3 is 0 Å². The minimum Gasteiger partial charge on any atom is -0.393 e. The van der Waals surface area contributed by atoms with Gasteiger partial charge in [0.15, 0.2) is 0 Å². The van der Waals surface area contributed by atoms with Gasteiger partial charge in [0.1, 0.15) is 0 Å². The molecule has 5 aliphatic rings. The van der Waals surface area contributed by atoms with Crippen LogP contribution in [0.3, 0.4) is 0 Å². The number of hydrogen-bond acceptors (Lipinski definition) is 5. The Bertz CT molecular complexity index is 850. The van der Waals surface area contributed by atoms with Gasteiger partial charge in [-0.2, -0.15) is 0 Å². The molecule has 0 amide bonds. The minimum absolute atomic E-state index is 0.00166. The molecule has 0 radical (unpaired) electrons. The molecule has 5 heteroatoms. The Morgan fingerprint density at radius 2 is 1.40 bits per heavy atom.